The fourth-order valence-corrected chi connectivity index (χ4v) is 3.29. The molecule has 0 spiro atoms. The quantitative estimate of drug-likeness (QED) is 0.825. The predicted octanol–water partition coefficient (Wildman–Crippen LogP) is 3.46. The molecule has 2 heterocycles. The second-order valence-corrected chi connectivity index (χ2v) is 7.73. The van der Waals surface area contributed by atoms with E-state index in [0.29, 0.717) is 5.69 Å². The summed E-state index contributed by atoms with van der Waals surface area (Å²) in [5, 5.41) is 2.75. The van der Waals surface area contributed by atoms with Crippen molar-refractivity contribution < 1.29 is 9.18 Å². The van der Waals surface area contributed by atoms with E-state index >= 15 is 0 Å². The highest BCUT2D eigenvalue weighted by Gasteiger charge is 2.21. The number of nitrogens with zero attached hydrogens (tertiary/aromatic N) is 4. The van der Waals surface area contributed by atoms with Crippen LogP contribution >= 0.6 is 11.6 Å². The Bertz CT molecular complexity index is 852. The van der Waals surface area contributed by atoms with Crippen LogP contribution in [0.25, 0.3) is 0 Å². The Morgan fingerprint density at radius 2 is 1.93 bits per heavy atom. The summed E-state index contributed by atoms with van der Waals surface area (Å²) in [7, 11) is 0. The molecular weight excluding hydrogens is 381 g/mol. The van der Waals surface area contributed by atoms with E-state index in [1.54, 1.807) is 0 Å². The monoisotopic (exact) mass is 405 g/mol. The van der Waals surface area contributed by atoms with E-state index < -0.39 is 5.82 Å². The fraction of sp³-hybridized carbons (Fsp3) is 0.450. The van der Waals surface area contributed by atoms with Gasteiger partial charge in [-0.05, 0) is 25.1 Å². The number of hydrogen-bond acceptors (Lipinski definition) is 5. The lowest BCUT2D eigenvalue weighted by Crippen LogP contribution is -2.49. The molecule has 1 aliphatic heterocycles. The molecule has 3 rings (SSSR count). The molecule has 0 bridgehead atoms. The third kappa shape index (κ3) is 5.17. The molecule has 2 aromatic rings. The summed E-state index contributed by atoms with van der Waals surface area (Å²) in [6, 6.07) is 6.16. The molecule has 1 amide bonds. The molecule has 1 saturated heterocycles. The minimum absolute atomic E-state index is 0.00711. The van der Waals surface area contributed by atoms with E-state index in [1.165, 1.54) is 18.2 Å². The van der Waals surface area contributed by atoms with Crippen LogP contribution in [0.4, 0.5) is 15.9 Å². The molecule has 1 aromatic heterocycles. The average Bonchev–Trinajstić information content (AvgIpc) is 2.65. The lowest BCUT2D eigenvalue weighted by Gasteiger charge is -2.35. The molecule has 0 aliphatic carbocycles. The number of hydrogen-bond donors (Lipinski definition) is 1. The van der Waals surface area contributed by atoms with Crippen LogP contribution in [-0.4, -0.2) is 53.5 Å². The smallest absolute Gasteiger partial charge is 0.238 e. The summed E-state index contributed by atoms with van der Waals surface area (Å²) >= 11 is 5.75. The summed E-state index contributed by atoms with van der Waals surface area (Å²) in [6.07, 6.45) is 0. The van der Waals surface area contributed by atoms with Crippen molar-refractivity contribution in [1.29, 1.82) is 0 Å². The number of aryl methyl sites for hydroxylation is 1. The molecule has 0 radical (unpaired) electrons. The van der Waals surface area contributed by atoms with Gasteiger partial charge in [0, 0.05) is 49.5 Å². The highest BCUT2D eigenvalue weighted by molar-refractivity contribution is 6.31. The number of aromatic nitrogens is 2. The van der Waals surface area contributed by atoms with Crippen LogP contribution in [0.15, 0.2) is 24.3 Å². The first-order chi connectivity index (χ1) is 13.3. The minimum atomic E-state index is -0.503. The number of rotatable bonds is 5. The number of carbonyl (C=O) groups is 1. The average molecular weight is 406 g/mol. The summed E-state index contributed by atoms with van der Waals surface area (Å²) in [5.74, 6) is 1.44. The standard InChI is InChI=1S/C20H25ClFN5O/c1-13(2)20-23-14(3)10-18(25-20)27-8-6-26(7-9-27)12-19(28)24-15-4-5-17(22)16(21)11-15/h4-5,10-11,13H,6-9,12H2,1-3H3,(H,24,28). The van der Waals surface area contributed by atoms with Gasteiger partial charge in [0.25, 0.3) is 0 Å². The van der Waals surface area contributed by atoms with Gasteiger partial charge in [0.2, 0.25) is 5.91 Å². The largest absolute Gasteiger partial charge is 0.354 e. The van der Waals surface area contributed by atoms with Crippen LogP contribution in [0.5, 0.6) is 0 Å². The van der Waals surface area contributed by atoms with Gasteiger partial charge in [-0.15, -0.1) is 0 Å². The van der Waals surface area contributed by atoms with Gasteiger partial charge in [0.05, 0.1) is 11.6 Å². The predicted molar refractivity (Wildman–Crippen MR) is 110 cm³/mol. The van der Waals surface area contributed by atoms with Crippen molar-refractivity contribution >= 4 is 29.0 Å². The molecule has 6 nitrogen and oxygen atoms in total. The van der Waals surface area contributed by atoms with Crippen LogP contribution in [0, 0.1) is 12.7 Å². The molecule has 0 unspecified atom stereocenters. The van der Waals surface area contributed by atoms with Gasteiger partial charge in [-0.1, -0.05) is 25.4 Å². The first kappa shape index (κ1) is 20.5. The summed E-state index contributed by atoms with van der Waals surface area (Å²) in [5.41, 5.74) is 1.46. The van der Waals surface area contributed by atoms with Crippen LogP contribution in [-0.2, 0) is 4.79 Å². The molecule has 1 aliphatic rings. The van der Waals surface area contributed by atoms with Crippen molar-refractivity contribution in [2.24, 2.45) is 0 Å². The third-order valence-corrected chi connectivity index (χ3v) is 4.93. The Morgan fingerprint density at radius 1 is 1.21 bits per heavy atom. The molecule has 0 saturated carbocycles. The Balaban J connectivity index is 1.54. The molecule has 8 heteroatoms. The molecule has 28 heavy (non-hydrogen) atoms. The van der Waals surface area contributed by atoms with Gasteiger partial charge < -0.3 is 10.2 Å². The topological polar surface area (TPSA) is 61.4 Å². The molecule has 0 atom stereocenters. The molecular formula is C20H25ClFN5O. The Labute approximate surface area is 169 Å². The van der Waals surface area contributed by atoms with Gasteiger partial charge in [0.1, 0.15) is 17.5 Å². The number of anilines is 2. The van der Waals surface area contributed by atoms with Crippen molar-refractivity contribution in [2.45, 2.75) is 26.7 Å². The van der Waals surface area contributed by atoms with Crippen LogP contribution in [0.3, 0.4) is 0 Å². The highest BCUT2D eigenvalue weighted by Crippen LogP contribution is 2.20. The van der Waals surface area contributed by atoms with E-state index in [-0.39, 0.29) is 23.4 Å². The maximum Gasteiger partial charge on any atom is 0.238 e. The first-order valence-corrected chi connectivity index (χ1v) is 9.77. The van der Waals surface area contributed by atoms with E-state index in [4.69, 9.17) is 11.6 Å². The van der Waals surface area contributed by atoms with Crippen LogP contribution in [0.1, 0.15) is 31.3 Å². The second kappa shape index (κ2) is 8.84. The maximum atomic E-state index is 13.2. The number of nitrogens with one attached hydrogen (secondary N) is 1. The van der Waals surface area contributed by atoms with Crippen molar-refractivity contribution in [3.63, 3.8) is 0 Å². The van der Waals surface area contributed by atoms with Crippen molar-refractivity contribution in [1.82, 2.24) is 14.9 Å². The Morgan fingerprint density at radius 3 is 2.57 bits per heavy atom. The minimum Gasteiger partial charge on any atom is -0.354 e. The highest BCUT2D eigenvalue weighted by atomic mass is 35.5. The number of piperazine rings is 1. The van der Waals surface area contributed by atoms with Gasteiger partial charge in [0.15, 0.2) is 0 Å². The second-order valence-electron chi connectivity index (χ2n) is 7.32. The molecule has 1 fully saturated rings. The van der Waals surface area contributed by atoms with Crippen LogP contribution in [0.2, 0.25) is 5.02 Å². The van der Waals surface area contributed by atoms with E-state index in [9.17, 15) is 9.18 Å². The zero-order valence-corrected chi connectivity index (χ0v) is 17.1. The lowest BCUT2D eigenvalue weighted by atomic mass is 10.2. The Hall–Kier alpha value is -2.25. The van der Waals surface area contributed by atoms with Gasteiger partial charge in [-0.2, -0.15) is 0 Å². The lowest BCUT2D eigenvalue weighted by molar-refractivity contribution is -0.117. The molecule has 150 valence electrons. The first-order valence-electron chi connectivity index (χ1n) is 9.39. The van der Waals surface area contributed by atoms with Crippen molar-refractivity contribution in [3.05, 3.63) is 46.6 Å². The van der Waals surface area contributed by atoms with Crippen molar-refractivity contribution in [3.8, 4) is 0 Å². The van der Waals surface area contributed by atoms with E-state index in [2.05, 4.69) is 38.9 Å². The Kier molecular flexibility index (Phi) is 6.46. The number of carbonyl (C=O) groups excluding carboxylic acids is 1. The third-order valence-electron chi connectivity index (χ3n) is 4.64. The summed E-state index contributed by atoms with van der Waals surface area (Å²) in [6.45, 7) is 9.55. The van der Waals surface area contributed by atoms with Gasteiger partial charge in [-0.3, -0.25) is 9.69 Å². The summed E-state index contributed by atoms with van der Waals surface area (Å²) < 4.78 is 13.2. The fourth-order valence-electron chi connectivity index (χ4n) is 3.11. The zero-order chi connectivity index (χ0) is 20.3. The summed E-state index contributed by atoms with van der Waals surface area (Å²) in [4.78, 5) is 25.8. The van der Waals surface area contributed by atoms with Gasteiger partial charge >= 0.3 is 0 Å². The van der Waals surface area contributed by atoms with Crippen LogP contribution < -0.4 is 10.2 Å². The van der Waals surface area contributed by atoms with Crippen molar-refractivity contribution in [2.75, 3.05) is 42.9 Å². The molecule has 1 N–H and O–H groups in total. The van der Waals surface area contributed by atoms with E-state index in [0.717, 1.165) is 43.5 Å². The SMILES string of the molecule is Cc1cc(N2CCN(CC(=O)Nc3ccc(F)c(Cl)c3)CC2)nc(C(C)C)n1. The van der Waals surface area contributed by atoms with Gasteiger partial charge in [-0.25, -0.2) is 14.4 Å². The molecule has 1 aromatic carbocycles. The number of benzene rings is 1. The van der Waals surface area contributed by atoms with E-state index in [1.807, 2.05) is 13.0 Å². The number of halogens is 2. The normalized spacial score (nSPS) is 15.1. The zero-order valence-electron chi connectivity index (χ0n) is 16.4. The maximum absolute atomic E-state index is 13.2. The number of amides is 1.